The van der Waals surface area contributed by atoms with Crippen molar-refractivity contribution in [1.82, 2.24) is 9.62 Å². The molecule has 3 rings (SSSR count). The molecule has 1 aromatic rings. The van der Waals surface area contributed by atoms with E-state index in [4.69, 9.17) is 0 Å². The van der Waals surface area contributed by atoms with Crippen molar-refractivity contribution in [2.75, 3.05) is 13.1 Å². The van der Waals surface area contributed by atoms with Crippen molar-refractivity contribution in [3.05, 3.63) is 35.9 Å². The van der Waals surface area contributed by atoms with Crippen LogP contribution in [-0.2, 0) is 20.6 Å². The second-order valence-corrected chi connectivity index (χ2v) is 9.93. The van der Waals surface area contributed by atoms with Crippen LogP contribution in [0.25, 0.3) is 0 Å². The van der Waals surface area contributed by atoms with Gasteiger partial charge in [-0.2, -0.15) is 13.2 Å². The number of benzene rings is 1. The van der Waals surface area contributed by atoms with Crippen molar-refractivity contribution < 1.29 is 26.4 Å². The summed E-state index contributed by atoms with van der Waals surface area (Å²) in [7, 11) is -3.49. The molecule has 5 nitrogen and oxygen atoms in total. The van der Waals surface area contributed by atoms with Crippen LogP contribution in [0, 0.1) is 11.8 Å². The number of carbonyl (C=O) groups is 1. The number of halogens is 3. The molecule has 0 aromatic heterocycles. The quantitative estimate of drug-likeness (QED) is 0.775. The SMILES string of the molecule is O=C(NC1CCCCC1C(F)(F)F)C1CCN(S(=O)(=O)Cc2ccccc2)CC1. The molecule has 1 aliphatic heterocycles. The smallest absolute Gasteiger partial charge is 0.353 e. The van der Waals surface area contributed by atoms with Gasteiger partial charge in [0, 0.05) is 25.0 Å². The molecule has 29 heavy (non-hydrogen) atoms. The number of amides is 1. The van der Waals surface area contributed by atoms with E-state index in [1.54, 1.807) is 24.3 Å². The second kappa shape index (κ2) is 9.04. The minimum absolute atomic E-state index is 0.0463. The Kier molecular flexibility index (Phi) is 6.88. The normalized spacial score (nSPS) is 24.9. The molecule has 9 heteroatoms. The standard InChI is InChI=1S/C20H27F3N2O3S/c21-20(22,23)17-8-4-5-9-18(17)24-19(26)16-10-12-25(13-11-16)29(27,28)14-15-6-2-1-3-7-15/h1-3,6-7,16-18H,4-5,8-14H2,(H,24,26). The minimum Gasteiger partial charge on any atom is -0.353 e. The van der Waals surface area contributed by atoms with Gasteiger partial charge in [-0.25, -0.2) is 12.7 Å². The molecule has 0 bridgehead atoms. The van der Waals surface area contributed by atoms with E-state index in [0.717, 1.165) is 0 Å². The molecular weight excluding hydrogens is 405 g/mol. The van der Waals surface area contributed by atoms with E-state index in [2.05, 4.69) is 5.32 Å². The molecule has 0 spiro atoms. The molecule has 1 heterocycles. The van der Waals surface area contributed by atoms with E-state index >= 15 is 0 Å². The Morgan fingerprint density at radius 2 is 1.66 bits per heavy atom. The zero-order valence-corrected chi connectivity index (χ0v) is 17.0. The lowest BCUT2D eigenvalue weighted by Crippen LogP contribution is -2.51. The van der Waals surface area contributed by atoms with Gasteiger partial charge in [0.2, 0.25) is 15.9 Å². The highest BCUT2D eigenvalue weighted by molar-refractivity contribution is 7.88. The van der Waals surface area contributed by atoms with Gasteiger partial charge in [-0.15, -0.1) is 0 Å². The molecule has 0 radical (unpaired) electrons. The van der Waals surface area contributed by atoms with Crippen LogP contribution in [-0.4, -0.2) is 43.9 Å². The van der Waals surface area contributed by atoms with Crippen LogP contribution in [0.2, 0.25) is 0 Å². The van der Waals surface area contributed by atoms with Crippen LogP contribution < -0.4 is 5.32 Å². The van der Waals surface area contributed by atoms with Crippen molar-refractivity contribution in [2.45, 2.75) is 56.5 Å². The van der Waals surface area contributed by atoms with Gasteiger partial charge in [0.25, 0.3) is 0 Å². The molecule has 162 valence electrons. The Morgan fingerprint density at radius 3 is 2.28 bits per heavy atom. The molecule has 1 N–H and O–H groups in total. The van der Waals surface area contributed by atoms with Gasteiger partial charge < -0.3 is 5.32 Å². The van der Waals surface area contributed by atoms with Crippen LogP contribution in [0.5, 0.6) is 0 Å². The Morgan fingerprint density at radius 1 is 1.03 bits per heavy atom. The lowest BCUT2D eigenvalue weighted by molar-refractivity contribution is -0.189. The fraction of sp³-hybridized carbons (Fsp3) is 0.650. The first-order chi connectivity index (χ1) is 13.7. The fourth-order valence-corrected chi connectivity index (χ4v) is 5.83. The number of alkyl halides is 3. The average molecular weight is 433 g/mol. The maximum absolute atomic E-state index is 13.2. The molecule has 1 aromatic carbocycles. The van der Waals surface area contributed by atoms with Crippen LogP contribution in [0.3, 0.4) is 0 Å². The van der Waals surface area contributed by atoms with E-state index in [1.165, 1.54) is 4.31 Å². The van der Waals surface area contributed by atoms with Crippen molar-refractivity contribution in [3.63, 3.8) is 0 Å². The van der Waals surface area contributed by atoms with Gasteiger partial charge in [-0.3, -0.25) is 4.79 Å². The third-order valence-electron chi connectivity index (χ3n) is 5.92. The van der Waals surface area contributed by atoms with Gasteiger partial charge in [0.1, 0.15) is 0 Å². The maximum Gasteiger partial charge on any atom is 0.393 e. The number of nitrogens with one attached hydrogen (secondary N) is 1. The molecular formula is C20H27F3N2O3S. The largest absolute Gasteiger partial charge is 0.393 e. The molecule has 1 saturated carbocycles. The van der Waals surface area contributed by atoms with E-state index in [0.29, 0.717) is 37.7 Å². The molecule has 2 aliphatic rings. The zero-order chi connectivity index (χ0) is 21.1. The Labute approximate surface area is 169 Å². The van der Waals surface area contributed by atoms with Crippen molar-refractivity contribution in [3.8, 4) is 0 Å². The molecule has 2 fully saturated rings. The van der Waals surface area contributed by atoms with Gasteiger partial charge in [-0.05, 0) is 31.2 Å². The Hall–Kier alpha value is -1.61. The fourth-order valence-electron chi connectivity index (χ4n) is 4.27. The van der Waals surface area contributed by atoms with Gasteiger partial charge in [0.15, 0.2) is 0 Å². The number of nitrogens with zero attached hydrogens (tertiary/aromatic N) is 1. The number of sulfonamides is 1. The summed E-state index contributed by atoms with van der Waals surface area (Å²) in [6.45, 7) is 0.418. The van der Waals surface area contributed by atoms with E-state index < -0.39 is 34.1 Å². The van der Waals surface area contributed by atoms with Gasteiger partial charge in [-0.1, -0.05) is 43.2 Å². The lowest BCUT2D eigenvalue weighted by Gasteiger charge is -2.36. The third-order valence-corrected chi connectivity index (χ3v) is 7.77. The predicted molar refractivity (Wildman–Crippen MR) is 103 cm³/mol. The first-order valence-electron chi connectivity index (χ1n) is 10.1. The van der Waals surface area contributed by atoms with E-state index in [-0.39, 0.29) is 31.2 Å². The molecule has 1 saturated heterocycles. The summed E-state index contributed by atoms with van der Waals surface area (Å²) < 4.78 is 66.2. The highest BCUT2D eigenvalue weighted by atomic mass is 32.2. The Bertz CT molecular complexity index is 791. The average Bonchev–Trinajstić information content (AvgIpc) is 2.68. The number of rotatable bonds is 5. The second-order valence-electron chi connectivity index (χ2n) is 7.96. The summed E-state index contributed by atoms with van der Waals surface area (Å²) >= 11 is 0. The predicted octanol–water partition coefficient (Wildman–Crippen LogP) is 3.47. The van der Waals surface area contributed by atoms with Crippen LogP contribution >= 0.6 is 0 Å². The third kappa shape index (κ3) is 5.72. The topological polar surface area (TPSA) is 66.5 Å². The van der Waals surface area contributed by atoms with Gasteiger partial charge >= 0.3 is 6.18 Å². The van der Waals surface area contributed by atoms with Crippen LogP contribution in [0.1, 0.15) is 44.1 Å². The number of hydrogen-bond acceptors (Lipinski definition) is 3. The maximum atomic E-state index is 13.2. The molecule has 2 unspecified atom stereocenters. The highest BCUT2D eigenvalue weighted by Gasteiger charge is 2.46. The first kappa shape index (κ1) is 22.1. The number of hydrogen-bond donors (Lipinski definition) is 1. The van der Waals surface area contributed by atoms with E-state index in [9.17, 15) is 26.4 Å². The highest BCUT2D eigenvalue weighted by Crippen LogP contribution is 2.38. The minimum atomic E-state index is -4.31. The van der Waals surface area contributed by atoms with Crippen molar-refractivity contribution >= 4 is 15.9 Å². The number of piperidine rings is 1. The molecule has 2 atom stereocenters. The monoisotopic (exact) mass is 432 g/mol. The van der Waals surface area contributed by atoms with Crippen molar-refractivity contribution in [2.24, 2.45) is 11.8 Å². The van der Waals surface area contributed by atoms with Crippen LogP contribution in [0.15, 0.2) is 30.3 Å². The van der Waals surface area contributed by atoms with Crippen molar-refractivity contribution in [1.29, 1.82) is 0 Å². The summed E-state index contributed by atoms with van der Waals surface area (Å²) in [5, 5.41) is 2.61. The summed E-state index contributed by atoms with van der Waals surface area (Å²) in [5.41, 5.74) is 0.697. The summed E-state index contributed by atoms with van der Waals surface area (Å²) in [5.74, 6) is -2.42. The zero-order valence-electron chi connectivity index (χ0n) is 16.2. The van der Waals surface area contributed by atoms with Crippen LogP contribution in [0.4, 0.5) is 13.2 Å². The molecule has 1 amide bonds. The lowest BCUT2D eigenvalue weighted by atomic mass is 9.83. The van der Waals surface area contributed by atoms with E-state index in [1.807, 2.05) is 6.07 Å². The summed E-state index contributed by atoms with van der Waals surface area (Å²) in [6.07, 6.45) is -2.09. The number of carbonyl (C=O) groups excluding carboxylic acids is 1. The summed E-state index contributed by atoms with van der Waals surface area (Å²) in [6, 6.07) is 7.99. The molecule has 1 aliphatic carbocycles. The van der Waals surface area contributed by atoms with Gasteiger partial charge in [0.05, 0.1) is 11.7 Å². The first-order valence-corrected chi connectivity index (χ1v) is 11.7. The summed E-state index contributed by atoms with van der Waals surface area (Å²) in [4.78, 5) is 12.5. The Balaban J connectivity index is 1.54.